The van der Waals surface area contributed by atoms with E-state index in [4.69, 9.17) is 4.74 Å². The Morgan fingerprint density at radius 1 is 1.67 bits per heavy atom. The van der Waals surface area contributed by atoms with Gasteiger partial charge in [0.2, 0.25) is 0 Å². The average Bonchev–Trinajstić information content (AvgIpc) is 2.95. The zero-order chi connectivity index (χ0) is 13.0. The molecule has 2 aromatic rings. The monoisotopic (exact) mass is 329 g/mol. The number of ether oxygens (including phenoxy) is 1. The molecule has 0 saturated carbocycles. The van der Waals surface area contributed by atoms with Crippen molar-refractivity contribution >= 4 is 38.9 Å². The van der Waals surface area contributed by atoms with E-state index in [2.05, 4.69) is 26.3 Å². The molecule has 2 rings (SSSR count). The summed E-state index contributed by atoms with van der Waals surface area (Å²) in [4.78, 5) is 12.6. The van der Waals surface area contributed by atoms with Gasteiger partial charge in [0.25, 0.3) is 5.91 Å². The maximum Gasteiger partial charge on any atom is 0.266 e. The van der Waals surface area contributed by atoms with E-state index in [9.17, 15) is 4.79 Å². The number of halogens is 1. The molecular weight excluding hydrogens is 318 g/mol. The molecule has 1 amide bonds. The number of thiophene rings is 1. The lowest BCUT2D eigenvalue weighted by Crippen LogP contribution is -2.10. The Labute approximate surface area is 117 Å². The van der Waals surface area contributed by atoms with Crippen LogP contribution in [0.15, 0.2) is 28.3 Å². The number of carbonyl (C=O) groups is 1. The second kappa shape index (κ2) is 6.12. The maximum absolute atomic E-state index is 11.9. The fraction of sp³-hybridized carbons (Fsp3) is 0.273. The van der Waals surface area contributed by atoms with Crippen LogP contribution in [0.3, 0.4) is 0 Å². The van der Waals surface area contributed by atoms with Crippen LogP contribution < -0.4 is 5.32 Å². The Morgan fingerprint density at radius 2 is 2.50 bits per heavy atom. The zero-order valence-electron chi connectivity index (χ0n) is 9.72. The lowest BCUT2D eigenvalue weighted by molar-refractivity contribution is 0.103. The summed E-state index contributed by atoms with van der Waals surface area (Å²) in [6, 6.07) is 1.85. The first kappa shape index (κ1) is 13.3. The van der Waals surface area contributed by atoms with Crippen molar-refractivity contribution in [2.45, 2.75) is 6.54 Å². The van der Waals surface area contributed by atoms with Gasteiger partial charge < -0.3 is 10.1 Å². The average molecular weight is 330 g/mol. The van der Waals surface area contributed by atoms with Crippen molar-refractivity contribution in [3.63, 3.8) is 0 Å². The van der Waals surface area contributed by atoms with Crippen LogP contribution >= 0.6 is 27.3 Å². The number of amides is 1. The molecule has 0 saturated heterocycles. The lowest BCUT2D eigenvalue weighted by Gasteiger charge is -2.01. The minimum atomic E-state index is -0.136. The van der Waals surface area contributed by atoms with Crippen molar-refractivity contribution in [3.05, 3.63) is 33.2 Å². The van der Waals surface area contributed by atoms with E-state index in [1.165, 1.54) is 11.3 Å². The normalized spacial score (nSPS) is 10.6. The highest BCUT2D eigenvalue weighted by Crippen LogP contribution is 2.23. The molecule has 1 N–H and O–H groups in total. The Morgan fingerprint density at radius 3 is 3.17 bits per heavy atom. The summed E-state index contributed by atoms with van der Waals surface area (Å²) in [5.41, 5.74) is 0.677. The third kappa shape index (κ3) is 3.18. The summed E-state index contributed by atoms with van der Waals surface area (Å²) in [7, 11) is 1.64. The molecule has 0 aromatic carbocycles. The minimum absolute atomic E-state index is 0.136. The fourth-order valence-electron chi connectivity index (χ4n) is 1.38. The Balaban J connectivity index is 1.99. The van der Waals surface area contributed by atoms with E-state index in [1.54, 1.807) is 24.2 Å². The summed E-state index contributed by atoms with van der Waals surface area (Å²) >= 11 is 4.72. The molecule has 2 aromatic heterocycles. The molecule has 96 valence electrons. The van der Waals surface area contributed by atoms with Crippen molar-refractivity contribution in [1.82, 2.24) is 9.78 Å². The number of hydrogen-bond acceptors (Lipinski definition) is 4. The maximum atomic E-state index is 11.9. The highest BCUT2D eigenvalue weighted by Gasteiger charge is 2.12. The molecule has 0 aliphatic carbocycles. The number of carbonyl (C=O) groups excluding carboxylic acids is 1. The molecule has 7 heteroatoms. The molecule has 2 heterocycles. The number of nitrogens with one attached hydrogen (secondary N) is 1. The van der Waals surface area contributed by atoms with Crippen molar-refractivity contribution < 1.29 is 9.53 Å². The minimum Gasteiger partial charge on any atom is -0.383 e. The number of nitrogens with zero attached hydrogens (tertiary/aromatic N) is 2. The van der Waals surface area contributed by atoms with Crippen molar-refractivity contribution in [3.8, 4) is 0 Å². The topological polar surface area (TPSA) is 56.1 Å². The van der Waals surface area contributed by atoms with E-state index in [0.29, 0.717) is 23.7 Å². The second-order valence-electron chi connectivity index (χ2n) is 3.54. The fourth-order valence-corrected chi connectivity index (χ4v) is 2.83. The SMILES string of the molecule is COCCn1cc(NC(=O)c2sccc2Br)cn1. The van der Waals surface area contributed by atoms with Crippen LogP contribution in [0, 0.1) is 0 Å². The number of anilines is 1. The van der Waals surface area contributed by atoms with Gasteiger partial charge in [-0.05, 0) is 27.4 Å². The number of methoxy groups -OCH3 is 1. The Bertz CT molecular complexity index is 538. The predicted molar refractivity (Wildman–Crippen MR) is 74.1 cm³/mol. The number of rotatable bonds is 5. The first-order valence-electron chi connectivity index (χ1n) is 5.26. The van der Waals surface area contributed by atoms with Crippen LogP contribution in [-0.2, 0) is 11.3 Å². The number of hydrogen-bond donors (Lipinski definition) is 1. The van der Waals surface area contributed by atoms with Crippen LogP contribution in [0.5, 0.6) is 0 Å². The van der Waals surface area contributed by atoms with Gasteiger partial charge >= 0.3 is 0 Å². The van der Waals surface area contributed by atoms with Crippen molar-refractivity contribution in [2.75, 3.05) is 19.0 Å². The Kier molecular flexibility index (Phi) is 4.51. The molecule has 0 bridgehead atoms. The van der Waals surface area contributed by atoms with E-state index in [-0.39, 0.29) is 5.91 Å². The first-order chi connectivity index (χ1) is 8.70. The molecule has 0 fully saturated rings. The molecule has 18 heavy (non-hydrogen) atoms. The standard InChI is InChI=1S/C11H12BrN3O2S/c1-17-4-3-15-7-8(6-13-15)14-11(16)10-9(12)2-5-18-10/h2,5-7H,3-4H2,1H3,(H,14,16). The molecule has 0 aliphatic rings. The molecule has 0 unspecified atom stereocenters. The van der Waals surface area contributed by atoms with Crippen LogP contribution in [0.4, 0.5) is 5.69 Å². The van der Waals surface area contributed by atoms with Gasteiger partial charge in [0.1, 0.15) is 4.88 Å². The highest BCUT2D eigenvalue weighted by atomic mass is 79.9. The largest absolute Gasteiger partial charge is 0.383 e. The molecule has 0 aliphatic heterocycles. The smallest absolute Gasteiger partial charge is 0.266 e. The van der Waals surface area contributed by atoms with Crippen molar-refractivity contribution in [1.29, 1.82) is 0 Å². The third-order valence-corrected chi connectivity index (χ3v) is 4.08. The molecule has 0 atom stereocenters. The van der Waals surface area contributed by atoms with Crippen LogP contribution in [0.2, 0.25) is 0 Å². The summed E-state index contributed by atoms with van der Waals surface area (Å²) in [5, 5.41) is 8.79. The van der Waals surface area contributed by atoms with Crippen LogP contribution in [-0.4, -0.2) is 29.4 Å². The summed E-state index contributed by atoms with van der Waals surface area (Å²) in [6.45, 7) is 1.25. The van der Waals surface area contributed by atoms with Gasteiger partial charge in [-0.3, -0.25) is 9.48 Å². The van der Waals surface area contributed by atoms with Gasteiger partial charge in [0, 0.05) is 17.8 Å². The lowest BCUT2D eigenvalue weighted by atomic mass is 10.4. The molecular formula is C11H12BrN3O2S. The van der Waals surface area contributed by atoms with E-state index in [1.807, 2.05) is 11.4 Å². The summed E-state index contributed by atoms with van der Waals surface area (Å²) in [6.07, 6.45) is 3.40. The van der Waals surface area contributed by atoms with Gasteiger partial charge in [0.05, 0.1) is 25.0 Å². The van der Waals surface area contributed by atoms with Gasteiger partial charge in [-0.15, -0.1) is 11.3 Å². The quantitative estimate of drug-likeness (QED) is 0.917. The van der Waals surface area contributed by atoms with E-state index in [0.717, 1.165) is 4.47 Å². The van der Waals surface area contributed by atoms with Crippen molar-refractivity contribution in [2.24, 2.45) is 0 Å². The Hall–Kier alpha value is -1.18. The second-order valence-corrected chi connectivity index (χ2v) is 5.31. The zero-order valence-corrected chi connectivity index (χ0v) is 12.1. The predicted octanol–water partition coefficient (Wildman–Crippen LogP) is 2.61. The van der Waals surface area contributed by atoms with Crippen LogP contribution in [0.25, 0.3) is 0 Å². The van der Waals surface area contributed by atoms with Gasteiger partial charge in [-0.2, -0.15) is 5.10 Å². The highest BCUT2D eigenvalue weighted by molar-refractivity contribution is 9.10. The van der Waals surface area contributed by atoms with E-state index >= 15 is 0 Å². The molecule has 0 radical (unpaired) electrons. The van der Waals surface area contributed by atoms with Gasteiger partial charge in [-0.1, -0.05) is 0 Å². The van der Waals surface area contributed by atoms with E-state index < -0.39 is 0 Å². The molecule has 0 spiro atoms. The third-order valence-electron chi connectivity index (χ3n) is 2.24. The summed E-state index contributed by atoms with van der Waals surface area (Å²) in [5.74, 6) is -0.136. The van der Waals surface area contributed by atoms with Gasteiger partial charge in [0.15, 0.2) is 0 Å². The first-order valence-corrected chi connectivity index (χ1v) is 6.93. The number of aromatic nitrogens is 2. The van der Waals surface area contributed by atoms with Crippen LogP contribution in [0.1, 0.15) is 9.67 Å². The molecule has 5 nitrogen and oxygen atoms in total. The van der Waals surface area contributed by atoms with Gasteiger partial charge in [-0.25, -0.2) is 0 Å². The summed E-state index contributed by atoms with van der Waals surface area (Å²) < 4.78 is 7.49.